The molecule has 0 saturated carbocycles. The molecule has 21 heavy (non-hydrogen) atoms. The lowest BCUT2D eigenvalue weighted by molar-refractivity contribution is 0.628. The van der Waals surface area contributed by atoms with Crippen molar-refractivity contribution < 1.29 is 4.39 Å². The Morgan fingerprint density at radius 3 is 2.62 bits per heavy atom. The molecule has 0 aliphatic heterocycles. The number of fused-ring (bicyclic) bond motifs is 1. The Labute approximate surface area is 131 Å². The monoisotopic (exact) mass is 323 g/mol. The van der Waals surface area contributed by atoms with Crippen molar-refractivity contribution in [3.63, 3.8) is 0 Å². The molecule has 108 valence electrons. The lowest BCUT2D eigenvalue weighted by Gasteiger charge is -2.08. The molecule has 2 aromatic heterocycles. The van der Waals surface area contributed by atoms with Crippen molar-refractivity contribution in [3.05, 3.63) is 52.1 Å². The molecular formula is C15H12Cl2FN3. The van der Waals surface area contributed by atoms with Gasteiger partial charge in [-0.1, -0.05) is 49.2 Å². The first-order chi connectivity index (χ1) is 9.97. The molecule has 2 heterocycles. The molecule has 0 aliphatic rings. The average Bonchev–Trinajstić information content (AvgIpc) is 2.83. The van der Waals surface area contributed by atoms with Crippen LogP contribution in [0, 0.1) is 5.82 Å². The van der Waals surface area contributed by atoms with Crippen LogP contribution in [0.2, 0.25) is 10.3 Å². The van der Waals surface area contributed by atoms with Crippen molar-refractivity contribution in [1.29, 1.82) is 0 Å². The van der Waals surface area contributed by atoms with Gasteiger partial charge in [-0.05, 0) is 23.6 Å². The van der Waals surface area contributed by atoms with Gasteiger partial charge >= 0.3 is 0 Å². The lowest BCUT2D eigenvalue weighted by Crippen LogP contribution is -1.98. The highest BCUT2D eigenvalue weighted by atomic mass is 35.5. The first kappa shape index (κ1) is 14.3. The van der Waals surface area contributed by atoms with Crippen LogP contribution in [-0.2, 0) is 0 Å². The molecule has 0 saturated heterocycles. The summed E-state index contributed by atoms with van der Waals surface area (Å²) in [5, 5.41) is 4.98. The topological polar surface area (TPSA) is 30.2 Å². The van der Waals surface area contributed by atoms with Crippen LogP contribution in [-0.4, -0.2) is 14.6 Å². The summed E-state index contributed by atoms with van der Waals surface area (Å²) >= 11 is 12.6. The maximum atomic E-state index is 13.4. The molecule has 3 nitrogen and oxygen atoms in total. The van der Waals surface area contributed by atoms with Crippen molar-refractivity contribution in [1.82, 2.24) is 14.6 Å². The van der Waals surface area contributed by atoms with Gasteiger partial charge in [0.1, 0.15) is 16.1 Å². The number of benzene rings is 1. The molecule has 0 radical (unpaired) electrons. The minimum atomic E-state index is -0.358. The van der Waals surface area contributed by atoms with Gasteiger partial charge in [-0.2, -0.15) is 5.10 Å². The summed E-state index contributed by atoms with van der Waals surface area (Å²) in [5.41, 5.74) is 2.50. The van der Waals surface area contributed by atoms with Crippen molar-refractivity contribution in [3.8, 4) is 11.1 Å². The molecule has 6 heteroatoms. The summed E-state index contributed by atoms with van der Waals surface area (Å²) < 4.78 is 14.9. The molecule has 0 amide bonds. The van der Waals surface area contributed by atoms with Gasteiger partial charge in [0.05, 0.1) is 11.3 Å². The first-order valence-electron chi connectivity index (χ1n) is 6.48. The lowest BCUT2D eigenvalue weighted by atomic mass is 10.1. The van der Waals surface area contributed by atoms with E-state index in [1.807, 2.05) is 19.9 Å². The second-order valence-electron chi connectivity index (χ2n) is 5.07. The summed E-state index contributed by atoms with van der Waals surface area (Å²) in [6.07, 6.45) is 0. The fourth-order valence-corrected chi connectivity index (χ4v) is 2.78. The standard InChI is InChI=1S/C15H12Cl2FN3/c1-8(2)11-7-12-19-14(16)13(15(17)21(12)20-11)9-4-3-5-10(18)6-9/h3-8H,1-2H3. The van der Waals surface area contributed by atoms with Crippen LogP contribution in [0.1, 0.15) is 25.5 Å². The predicted octanol–water partition coefficient (Wildman–Crippen LogP) is 4.97. The van der Waals surface area contributed by atoms with Crippen LogP contribution in [0.4, 0.5) is 4.39 Å². The Bertz CT molecular complexity index is 827. The van der Waals surface area contributed by atoms with E-state index in [0.717, 1.165) is 5.69 Å². The zero-order valence-electron chi connectivity index (χ0n) is 11.4. The Balaban J connectivity index is 2.28. The van der Waals surface area contributed by atoms with Gasteiger partial charge < -0.3 is 0 Å². The predicted molar refractivity (Wildman–Crippen MR) is 82.5 cm³/mol. The normalized spacial score (nSPS) is 11.5. The maximum absolute atomic E-state index is 13.4. The van der Waals surface area contributed by atoms with E-state index in [-0.39, 0.29) is 16.9 Å². The SMILES string of the molecule is CC(C)c1cc2nc(Cl)c(-c3cccc(F)c3)c(Cl)n2n1. The fraction of sp³-hybridized carbons (Fsp3) is 0.200. The number of nitrogens with zero attached hydrogens (tertiary/aromatic N) is 3. The summed E-state index contributed by atoms with van der Waals surface area (Å²) in [7, 11) is 0. The van der Waals surface area contributed by atoms with E-state index in [4.69, 9.17) is 23.2 Å². The van der Waals surface area contributed by atoms with Gasteiger partial charge in [-0.15, -0.1) is 0 Å². The van der Waals surface area contributed by atoms with Crippen LogP contribution in [0.5, 0.6) is 0 Å². The number of hydrogen-bond donors (Lipinski definition) is 0. The molecule has 0 N–H and O–H groups in total. The molecule has 0 atom stereocenters. The number of halogens is 3. The van der Waals surface area contributed by atoms with Crippen molar-refractivity contribution in [2.45, 2.75) is 19.8 Å². The molecule has 0 fully saturated rings. The Morgan fingerprint density at radius 2 is 1.95 bits per heavy atom. The van der Waals surface area contributed by atoms with Gasteiger partial charge in [-0.25, -0.2) is 13.9 Å². The highest BCUT2D eigenvalue weighted by molar-refractivity contribution is 6.38. The van der Waals surface area contributed by atoms with Crippen LogP contribution < -0.4 is 0 Å². The maximum Gasteiger partial charge on any atom is 0.158 e. The molecule has 0 unspecified atom stereocenters. The van der Waals surface area contributed by atoms with Gasteiger partial charge in [0.25, 0.3) is 0 Å². The third-order valence-corrected chi connectivity index (χ3v) is 3.85. The number of aromatic nitrogens is 3. The zero-order chi connectivity index (χ0) is 15.1. The number of rotatable bonds is 2. The van der Waals surface area contributed by atoms with E-state index < -0.39 is 0 Å². The van der Waals surface area contributed by atoms with E-state index in [1.165, 1.54) is 16.6 Å². The van der Waals surface area contributed by atoms with Crippen LogP contribution in [0.15, 0.2) is 30.3 Å². The quantitative estimate of drug-likeness (QED) is 0.623. The summed E-state index contributed by atoms with van der Waals surface area (Å²) in [6, 6.07) is 7.91. The highest BCUT2D eigenvalue weighted by Crippen LogP contribution is 2.34. The molecule has 0 aliphatic carbocycles. The largest absolute Gasteiger partial charge is 0.216 e. The minimum absolute atomic E-state index is 0.230. The van der Waals surface area contributed by atoms with Crippen molar-refractivity contribution >= 4 is 28.8 Å². The van der Waals surface area contributed by atoms with E-state index in [2.05, 4.69) is 10.1 Å². The molecule has 0 spiro atoms. The molecule has 3 aromatic rings. The van der Waals surface area contributed by atoms with Gasteiger partial charge in [0, 0.05) is 6.07 Å². The number of hydrogen-bond acceptors (Lipinski definition) is 2. The highest BCUT2D eigenvalue weighted by Gasteiger charge is 2.17. The Morgan fingerprint density at radius 1 is 1.19 bits per heavy atom. The molecule has 3 rings (SSSR count). The van der Waals surface area contributed by atoms with Crippen LogP contribution >= 0.6 is 23.2 Å². The van der Waals surface area contributed by atoms with Crippen LogP contribution in [0.25, 0.3) is 16.8 Å². The Hall–Kier alpha value is -1.65. The molecule has 0 bridgehead atoms. The van der Waals surface area contributed by atoms with Crippen molar-refractivity contribution in [2.24, 2.45) is 0 Å². The third-order valence-electron chi connectivity index (χ3n) is 3.23. The van der Waals surface area contributed by atoms with E-state index in [0.29, 0.717) is 21.9 Å². The smallest absolute Gasteiger partial charge is 0.158 e. The van der Waals surface area contributed by atoms with Gasteiger partial charge in [0.2, 0.25) is 0 Å². The van der Waals surface area contributed by atoms with Gasteiger partial charge in [-0.3, -0.25) is 0 Å². The zero-order valence-corrected chi connectivity index (χ0v) is 13.0. The molecular weight excluding hydrogens is 312 g/mol. The first-order valence-corrected chi connectivity index (χ1v) is 7.23. The van der Waals surface area contributed by atoms with Gasteiger partial charge in [0.15, 0.2) is 5.65 Å². The van der Waals surface area contributed by atoms with E-state index in [1.54, 1.807) is 12.1 Å². The van der Waals surface area contributed by atoms with Crippen molar-refractivity contribution in [2.75, 3.05) is 0 Å². The Kier molecular flexibility index (Phi) is 3.59. The summed E-state index contributed by atoms with van der Waals surface area (Å²) in [4.78, 5) is 4.30. The van der Waals surface area contributed by atoms with Crippen LogP contribution in [0.3, 0.4) is 0 Å². The summed E-state index contributed by atoms with van der Waals surface area (Å²) in [5.74, 6) is -0.109. The van der Waals surface area contributed by atoms with E-state index >= 15 is 0 Å². The average molecular weight is 324 g/mol. The minimum Gasteiger partial charge on any atom is -0.216 e. The van der Waals surface area contributed by atoms with E-state index in [9.17, 15) is 4.39 Å². The fourth-order valence-electron chi connectivity index (χ4n) is 2.12. The second-order valence-corrected chi connectivity index (χ2v) is 5.79. The third kappa shape index (κ3) is 2.49. The molecule has 1 aromatic carbocycles. The summed E-state index contributed by atoms with van der Waals surface area (Å²) in [6.45, 7) is 4.07. The second kappa shape index (κ2) is 5.28.